The molecule has 0 saturated carbocycles. The minimum absolute atomic E-state index is 0.272. The normalized spacial score (nSPS) is 18.5. The van der Waals surface area contributed by atoms with Gasteiger partial charge in [0, 0.05) is 23.6 Å². The first kappa shape index (κ1) is 14.3. The van der Waals surface area contributed by atoms with Gasteiger partial charge in [-0.15, -0.1) is 0 Å². The van der Waals surface area contributed by atoms with Crippen LogP contribution in [0.3, 0.4) is 0 Å². The molecule has 0 radical (unpaired) electrons. The maximum Gasteiger partial charge on any atom is 0.336 e. The van der Waals surface area contributed by atoms with Gasteiger partial charge >= 0.3 is 5.63 Å². The van der Waals surface area contributed by atoms with Crippen LogP contribution in [0, 0.1) is 13.8 Å². The lowest BCUT2D eigenvalue weighted by Crippen LogP contribution is -2.84. The van der Waals surface area contributed by atoms with Crippen LogP contribution >= 0.6 is 0 Å². The third-order valence-electron chi connectivity index (χ3n) is 4.26. The summed E-state index contributed by atoms with van der Waals surface area (Å²) in [5.41, 5.74) is 3.82. The zero-order chi connectivity index (χ0) is 14.8. The van der Waals surface area contributed by atoms with Gasteiger partial charge in [0.05, 0.1) is 0 Å². The fraction of sp³-hybridized carbons (Fsp3) is 0.471. The highest BCUT2D eigenvalue weighted by Gasteiger charge is 2.17. The van der Waals surface area contributed by atoms with E-state index in [0.717, 1.165) is 49.1 Å². The van der Waals surface area contributed by atoms with Crippen molar-refractivity contribution < 1.29 is 14.5 Å². The number of fused-ring (bicyclic) bond motifs is 1. The molecule has 1 fully saturated rings. The summed E-state index contributed by atoms with van der Waals surface area (Å²) in [4.78, 5) is 11.7. The lowest BCUT2D eigenvalue weighted by Gasteiger charge is -2.10. The minimum Gasteiger partial charge on any atom is -0.423 e. The number of nitrogens with two attached hydrogens (primary N) is 1. The van der Waals surface area contributed by atoms with E-state index in [9.17, 15) is 4.79 Å². The van der Waals surface area contributed by atoms with E-state index in [2.05, 4.69) is 18.3 Å². The van der Waals surface area contributed by atoms with Gasteiger partial charge in [0.25, 0.3) is 0 Å². The van der Waals surface area contributed by atoms with Crippen LogP contribution < -0.4 is 10.9 Å². The molecule has 21 heavy (non-hydrogen) atoms. The topological polar surface area (TPSA) is 56.0 Å². The molecule has 0 bridgehead atoms. The average molecular weight is 288 g/mol. The molecule has 1 saturated heterocycles. The quantitative estimate of drug-likeness (QED) is 0.870. The van der Waals surface area contributed by atoms with Gasteiger partial charge in [-0.25, -0.2) is 4.79 Å². The first-order valence-corrected chi connectivity index (χ1v) is 7.61. The van der Waals surface area contributed by atoms with Crippen molar-refractivity contribution in [1.29, 1.82) is 0 Å². The predicted molar refractivity (Wildman–Crippen MR) is 81.4 cm³/mol. The van der Waals surface area contributed by atoms with Gasteiger partial charge < -0.3 is 14.5 Å². The molecular weight excluding hydrogens is 266 g/mol. The Bertz CT molecular complexity index is 699. The van der Waals surface area contributed by atoms with Crippen LogP contribution in [0.25, 0.3) is 11.0 Å². The van der Waals surface area contributed by atoms with Crippen molar-refractivity contribution in [3.05, 3.63) is 45.3 Å². The standard InChI is InChI=1S/C17H21NO3/c1-11-6-15-13(9-18-10-14-4-3-5-20-14)8-17(19)21-16(15)7-12(11)2/h6-8,14,18H,3-5,9-10H2,1-2H3/p+1/t14-/m0/s1. The summed E-state index contributed by atoms with van der Waals surface area (Å²) < 4.78 is 10.9. The Kier molecular flexibility index (Phi) is 4.08. The first-order valence-electron chi connectivity index (χ1n) is 7.61. The summed E-state index contributed by atoms with van der Waals surface area (Å²) in [5.74, 6) is 0. The molecule has 0 aliphatic carbocycles. The lowest BCUT2D eigenvalue weighted by molar-refractivity contribution is -0.676. The van der Waals surface area contributed by atoms with Gasteiger partial charge in [-0.2, -0.15) is 0 Å². The smallest absolute Gasteiger partial charge is 0.336 e. The second kappa shape index (κ2) is 6.00. The molecule has 2 N–H and O–H groups in total. The van der Waals surface area contributed by atoms with Gasteiger partial charge in [-0.3, -0.25) is 0 Å². The Labute approximate surface area is 124 Å². The highest BCUT2D eigenvalue weighted by Crippen LogP contribution is 2.21. The molecule has 4 heteroatoms. The molecule has 0 amide bonds. The molecule has 2 heterocycles. The fourth-order valence-corrected chi connectivity index (χ4v) is 2.91. The number of aryl methyl sites for hydroxylation is 2. The van der Waals surface area contributed by atoms with E-state index >= 15 is 0 Å². The van der Waals surface area contributed by atoms with Crippen LogP contribution in [0.15, 0.2) is 27.4 Å². The number of hydrogen-bond acceptors (Lipinski definition) is 3. The Morgan fingerprint density at radius 3 is 2.81 bits per heavy atom. The van der Waals surface area contributed by atoms with Crippen molar-refractivity contribution in [3.63, 3.8) is 0 Å². The summed E-state index contributed by atoms with van der Waals surface area (Å²) in [6, 6.07) is 5.68. The molecule has 1 aromatic carbocycles. The van der Waals surface area contributed by atoms with E-state index in [1.54, 1.807) is 6.07 Å². The molecule has 4 nitrogen and oxygen atoms in total. The Morgan fingerprint density at radius 2 is 2.05 bits per heavy atom. The van der Waals surface area contributed by atoms with Crippen LogP contribution in [0.5, 0.6) is 0 Å². The number of quaternary nitrogens is 1. The van der Waals surface area contributed by atoms with Gasteiger partial charge in [-0.1, -0.05) is 0 Å². The van der Waals surface area contributed by atoms with E-state index in [-0.39, 0.29) is 5.63 Å². The summed E-state index contributed by atoms with van der Waals surface area (Å²) in [7, 11) is 0. The maximum atomic E-state index is 11.7. The molecule has 1 aromatic heterocycles. The van der Waals surface area contributed by atoms with E-state index in [0.29, 0.717) is 11.7 Å². The Balaban J connectivity index is 1.83. The number of ether oxygens (including phenoxy) is 1. The highest BCUT2D eigenvalue weighted by atomic mass is 16.5. The molecule has 1 aliphatic rings. The van der Waals surface area contributed by atoms with Gasteiger partial charge in [-0.05, 0) is 49.9 Å². The van der Waals surface area contributed by atoms with Crippen molar-refractivity contribution in [2.24, 2.45) is 0 Å². The summed E-state index contributed by atoms with van der Waals surface area (Å²) in [6.45, 7) is 6.73. The third kappa shape index (κ3) is 3.17. The van der Waals surface area contributed by atoms with Crippen LogP contribution in [-0.2, 0) is 11.3 Å². The first-order chi connectivity index (χ1) is 10.1. The maximum absolute atomic E-state index is 11.7. The van der Waals surface area contributed by atoms with Crippen LogP contribution in [0.4, 0.5) is 0 Å². The average Bonchev–Trinajstić information content (AvgIpc) is 2.94. The van der Waals surface area contributed by atoms with Gasteiger partial charge in [0.15, 0.2) is 0 Å². The Morgan fingerprint density at radius 1 is 1.24 bits per heavy atom. The molecule has 0 spiro atoms. The number of benzene rings is 1. The van der Waals surface area contributed by atoms with E-state index in [4.69, 9.17) is 9.15 Å². The van der Waals surface area contributed by atoms with Crippen molar-refractivity contribution in [3.8, 4) is 0 Å². The zero-order valence-electron chi connectivity index (χ0n) is 12.6. The molecule has 1 atom stereocenters. The predicted octanol–water partition coefficient (Wildman–Crippen LogP) is 1.65. The van der Waals surface area contributed by atoms with Crippen LogP contribution in [0.2, 0.25) is 0 Å². The van der Waals surface area contributed by atoms with Crippen molar-refractivity contribution >= 4 is 11.0 Å². The third-order valence-corrected chi connectivity index (χ3v) is 4.26. The van der Waals surface area contributed by atoms with Crippen molar-refractivity contribution in [2.75, 3.05) is 13.2 Å². The van der Waals surface area contributed by atoms with Crippen LogP contribution in [0.1, 0.15) is 29.5 Å². The SMILES string of the molecule is Cc1cc2oc(=O)cc(C[NH2+]C[C@@H]3CCCO3)c2cc1C. The Hall–Kier alpha value is -1.65. The van der Waals surface area contributed by atoms with Gasteiger partial charge in [0.1, 0.15) is 24.8 Å². The van der Waals surface area contributed by atoms with E-state index in [1.807, 2.05) is 13.0 Å². The van der Waals surface area contributed by atoms with E-state index in [1.165, 1.54) is 5.56 Å². The van der Waals surface area contributed by atoms with Crippen LogP contribution in [-0.4, -0.2) is 19.3 Å². The fourth-order valence-electron chi connectivity index (χ4n) is 2.91. The summed E-state index contributed by atoms with van der Waals surface area (Å²) in [6.07, 6.45) is 2.67. The number of hydrogen-bond donors (Lipinski definition) is 1. The minimum atomic E-state index is -0.272. The molecule has 0 unspecified atom stereocenters. The number of rotatable bonds is 4. The zero-order valence-corrected chi connectivity index (χ0v) is 12.6. The second-order valence-electron chi connectivity index (χ2n) is 5.89. The molecule has 2 aromatic rings. The molecule has 112 valence electrons. The van der Waals surface area contributed by atoms with Crippen molar-refractivity contribution in [2.45, 2.75) is 39.3 Å². The van der Waals surface area contributed by atoms with Gasteiger partial charge in [0.2, 0.25) is 0 Å². The van der Waals surface area contributed by atoms with E-state index < -0.39 is 0 Å². The summed E-state index contributed by atoms with van der Waals surface area (Å²) in [5, 5.41) is 3.26. The molecule has 1 aliphatic heterocycles. The monoisotopic (exact) mass is 288 g/mol. The largest absolute Gasteiger partial charge is 0.423 e. The second-order valence-corrected chi connectivity index (χ2v) is 5.89. The van der Waals surface area contributed by atoms with Crippen molar-refractivity contribution in [1.82, 2.24) is 0 Å². The molecular formula is C17H22NO3+. The summed E-state index contributed by atoms with van der Waals surface area (Å²) >= 11 is 0. The highest BCUT2D eigenvalue weighted by molar-refractivity contribution is 5.81. The lowest BCUT2D eigenvalue weighted by atomic mass is 10.0. The molecule has 3 rings (SSSR count).